The average molecular weight is 378 g/mol. The van der Waals surface area contributed by atoms with Crippen molar-refractivity contribution >= 4 is 38.1 Å². The Morgan fingerprint density at radius 3 is 2.73 bits per heavy atom. The lowest BCUT2D eigenvalue weighted by molar-refractivity contribution is 0.304. The molecule has 0 atom stereocenters. The molecule has 0 unspecified atom stereocenters. The highest BCUT2D eigenvalue weighted by atomic mass is 79.9. The molecule has 2 aromatic heterocycles. The fraction of sp³-hybridized carbons (Fsp3) is 0.143. The Morgan fingerprint density at radius 2 is 2.05 bits per heavy atom. The van der Waals surface area contributed by atoms with Crippen molar-refractivity contribution in [3.05, 3.63) is 45.5 Å². The molecule has 22 heavy (non-hydrogen) atoms. The summed E-state index contributed by atoms with van der Waals surface area (Å²) in [5.74, 6) is 0. The number of aryl methyl sites for hydroxylation is 1. The van der Waals surface area contributed by atoms with E-state index in [4.69, 9.17) is 0 Å². The van der Waals surface area contributed by atoms with E-state index in [1.54, 1.807) is 0 Å². The smallest absolute Gasteiger partial charge is 0.203 e. The van der Waals surface area contributed by atoms with Crippen LogP contribution in [0.3, 0.4) is 0 Å². The molecule has 0 spiro atoms. The van der Waals surface area contributed by atoms with Gasteiger partial charge in [-0.1, -0.05) is 33.2 Å². The van der Waals surface area contributed by atoms with Gasteiger partial charge >= 0.3 is 0 Å². The second-order valence-corrected chi connectivity index (χ2v) is 6.33. The molecule has 0 aliphatic carbocycles. The minimum Gasteiger partial charge on any atom is -0.252 e. The van der Waals surface area contributed by atoms with Crippen LogP contribution in [0.5, 0.6) is 0 Å². The molecule has 1 aromatic carbocycles. The molecular formula is C14H12BrN5OS. The van der Waals surface area contributed by atoms with E-state index in [9.17, 15) is 0 Å². The normalized spacial score (nSPS) is 11.7. The van der Waals surface area contributed by atoms with E-state index in [1.165, 1.54) is 11.3 Å². The van der Waals surface area contributed by atoms with E-state index in [2.05, 4.69) is 46.4 Å². The SMILES string of the molecule is C/C(=N/Nc1nc(-c2ccc(Br)cc2)cs1)c1nonc1C. The third kappa shape index (κ3) is 3.23. The molecule has 2 heterocycles. The third-order valence-corrected chi connectivity index (χ3v) is 4.23. The highest BCUT2D eigenvalue weighted by molar-refractivity contribution is 9.10. The Morgan fingerprint density at radius 1 is 1.27 bits per heavy atom. The van der Waals surface area contributed by atoms with Crippen LogP contribution >= 0.6 is 27.3 Å². The number of nitrogens with zero attached hydrogens (tertiary/aromatic N) is 4. The van der Waals surface area contributed by atoms with E-state index in [-0.39, 0.29) is 0 Å². The van der Waals surface area contributed by atoms with Crippen molar-refractivity contribution in [2.75, 3.05) is 5.43 Å². The van der Waals surface area contributed by atoms with Crippen molar-refractivity contribution in [2.45, 2.75) is 13.8 Å². The van der Waals surface area contributed by atoms with Crippen LogP contribution in [0.15, 0.2) is 43.8 Å². The van der Waals surface area contributed by atoms with Crippen molar-refractivity contribution in [3.8, 4) is 11.3 Å². The zero-order valence-electron chi connectivity index (χ0n) is 11.9. The van der Waals surface area contributed by atoms with E-state index >= 15 is 0 Å². The second kappa shape index (κ2) is 6.37. The number of rotatable bonds is 4. The van der Waals surface area contributed by atoms with Gasteiger partial charge in [0, 0.05) is 15.4 Å². The molecule has 0 aliphatic heterocycles. The van der Waals surface area contributed by atoms with Gasteiger partial charge < -0.3 is 0 Å². The molecule has 8 heteroatoms. The van der Waals surface area contributed by atoms with Crippen LogP contribution in [0, 0.1) is 6.92 Å². The molecule has 0 fully saturated rings. The summed E-state index contributed by atoms with van der Waals surface area (Å²) in [6.45, 7) is 3.66. The fourth-order valence-corrected chi connectivity index (χ4v) is 2.75. The molecular weight excluding hydrogens is 366 g/mol. The zero-order chi connectivity index (χ0) is 15.5. The summed E-state index contributed by atoms with van der Waals surface area (Å²) in [5.41, 5.74) is 6.94. The third-order valence-electron chi connectivity index (χ3n) is 2.96. The summed E-state index contributed by atoms with van der Waals surface area (Å²) in [5, 5.41) is 14.5. The Bertz CT molecular complexity index is 809. The number of aromatic nitrogens is 3. The maximum absolute atomic E-state index is 4.66. The van der Waals surface area contributed by atoms with Crippen molar-refractivity contribution in [2.24, 2.45) is 5.10 Å². The highest BCUT2D eigenvalue weighted by Gasteiger charge is 2.09. The Hall–Kier alpha value is -2.06. The second-order valence-electron chi connectivity index (χ2n) is 4.55. The molecule has 3 aromatic rings. The first kappa shape index (κ1) is 14.9. The van der Waals surface area contributed by atoms with Gasteiger partial charge in [0.25, 0.3) is 0 Å². The van der Waals surface area contributed by atoms with Crippen molar-refractivity contribution < 1.29 is 4.63 Å². The fourth-order valence-electron chi connectivity index (χ4n) is 1.82. The van der Waals surface area contributed by atoms with Crippen LogP contribution in [-0.4, -0.2) is 21.0 Å². The Kier molecular flexibility index (Phi) is 4.30. The van der Waals surface area contributed by atoms with Crippen LogP contribution in [0.4, 0.5) is 5.13 Å². The van der Waals surface area contributed by atoms with Gasteiger partial charge in [-0.05, 0) is 31.1 Å². The maximum atomic E-state index is 4.66. The van der Waals surface area contributed by atoms with E-state index in [0.717, 1.165) is 15.7 Å². The molecule has 1 N–H and O–H groups in total. The minimum atomic E-state index is 0.636. The van der Waals surface area contributed by atoms with Gasteiger partial charge in [0.05, 0.1) is 11.4 Å². The lowest BCUT2D eigenvalue weighted by Gasteiger charge is -1.98. The van der Waals surface area contributed by atoms with E-state index in [1.807, 2.05) is 43.5 Å². The predicted octanol–water partition coefficient (Wildman–Crippen LogP) is 4.10. The lowest BCUT2D eigenvalue weighted by atomic mass is 10.2. The molecule has 0 radical (unpaired) electrons. The Balaban J connectivity index is 1.75. The van der Waals surface area contributed by atoms with Crippen LogP contribution < -0.4 is 5.43 Å². The van der Waals surface area contributed by atoms with Gasteiger partial charge in [0.2, 0.25) is 5.13 Å². The summed E-state index contributed by atoms with van der Waals surface area (Å²) in [7, 11) is 0. The van der Waals surface area contributed by atoms with Gasteiger partial charge in [-0.3, -0.25) is 5.43 Å². The number of hydrazone groups is 1. The summed E-state index contributed by atoms with van der Waals surface area (Å²) in [6.07, 6.45) is 0. The van der Waals surface area contributed by atoms with Gasteiger partial charge in [0.1, 0.15) is 5.69 Å². The molecule has 6 nitrogen and oxygen atoms in total. The predicted molar refractivity (Wildman–Crippen MR) is 90.1 cm³/mol. The van der Waals surface area contributed by atoms with Crippen molar-refractivity contribution in [3.63, 3.8) is 0 Å². The molecule has 3 rings (SSSR count). The summed E-state index contributed by atoms with van der Waals surface area (Å²) in [4.78, 5) is 4.51. The first-order chi connectivity index (χ1) is 10.6. The molecule has 112 valence electrons. The number of nitrogens with one attached hydrogen (secondary N) is 1. The first-order valence-electron chi connectivity index (χ1n) is 6.45. The number of benzene rings is 1. The summed E-state index contributed by atoms with van der Waals surface area (Å²) < 4.78 is 5.71. The van der Waals surface area contributed by atoms with Gasteiger partial charge in [-0.2, -0.15) is 5.10 Å². The molecule has 0 amide bonds. The van der Waals surface area contributed by atoms with Crippen LogP contribution in [-0.2, 0) is 0 Å². The van der Waals surface area contributed by atoms with Crippen LogP contribution in [0.2, 0.25) is 0 Å². The van der Waals surface area contributed by atoms with E-state index in [0.29, 0.717) is 22.2 Å². The lowest BCUT2D eigenvalue weighted by Crippen LogP contribution is -2.01. The number of anilines is 1. The van der Waals surface area contributed by atoms with Crippen molar-refractivity contribution in [1.82, 2.24) is 15.3 Å². The standard InChI is InChI=1S/C14H12BrN5OS/c1-8(13-9(2)19-21-20-13)17-18-14-16-12(7-22-14)10-3-5-11(15)6-4-10/h3-7H,1-2H3,(H,16,18)/b17-8-. The molecule has 0 saturated carbocycles. The monoisotopic (exact) mass is 377 g/mol. The number of hydrogen-bond acceptors (Lipinski definition) is 7. The largest absolute Gasteiger partial charge is 0.252 e. The van der Waals surface area contributed by atoms with Crippen molar-refractivity contribution in [1.29, 1.82) is 0 Å². The van der Waals surface area contributed by atoms with Crippen LogP contribution in [0.25, 0.3) is 11.3 Å². The zero-order valence-corrected chi connectivity index (χ0v) is 14.3. The first-order valence-corrected chi connectivity index (χ1v) is 8.12. The molecule has 0 bridgehead atoms. The quantitative estimate of drug-likeness (QED) is 0.546. The number of thiazole rings is 1. The molecule has 0 aliphatic rings. The Labute approximate surface area is 139 Å². The number of hydrogen-bond donors (Lipinski definition) is 1. The summed E-state index contributed by atoms with van der Waals surface area (Å²) >= 11 is 4.91. The number of halogens is 1. The van der Waals surface area contributed by atoms with Crippen LogP contribution in [0.1, 0.15) is 18.3 Å². The summed E-state index contributed by atoms with van der Waals surface area (Å²) in [6, 6.07) is 8.01. The minimum absolute atomic E-state index is 0.636. The average Bonchev–Trinajstić information content (AvgIpc) is 3.14. The molecule has 0 saturated heterocycles. The maximum Gasteiger partial charge on any atom is 0.203 e. The highest BCUT2D eigenvalue weighted by Crippen LogP contribution is 2.26. The van der Waals surface area contributed by atoms with Gasteiger partial charge in [0.15, 0.2) is 5.69 Å². The van der Waals surface area contributed by atoms with Gasteiger partial charge in [-0.15, -0.1) is 11.3 Å². The van der Waals surface area contributed by atoms with Gasteiger partial charge in [-0.25, -0.2) is 9.61 Å². The van der Waals surface area contributed by atoms with E-state index < -0.39 is 0 Å². The topological polar surface area (TPSA) is 76.2 Å².